The van der Waals surface area contributed by atoms with Crippen LogP contribution in [0.3, 0.4) is 0 Å². The molecule has 0 aromatic heterocycles. The molecule has 1 aliphatic carbocycles. The molecule has 4 heteroatoms. The molecule has 4 nitrogen and oxygen atoms in total. The summed E-state index contributed by atoms with van der Waals surface area (Å²) in [6, 6.07) is 11.6. The van der Waals surface area contributed by atoms with Gasteiger partial charge in [-0.3, -0.25) is 9.59 Å². The monoisotopic (exact) mass is 508 g/mol. The lowest BCUT2D eigenvalue weighted by molar-refractivity contribution is 0.0949. The van der Waals surface area contributed by atoms with E-state index in [2.05, 4.69) is 47.1 Å². The lowest BCUT2D eigenvalue weighted by Crippen LogP contribution is -2.25. The highest BCUT2D eigenvalue weighted by atomic mass is 16.2. The summed E-state index contributed by atoms with van der Waals surface area (Å²) in [4.78, 5) is 24.9. The molecule has 1 atom stereocenters. The average Bonchev–Trinajstić information content (AvgIpc) is 2.91. The summed E-state index contributed by atoms with van der Waals surface area (Å²) in [5.41, 5.74) is 8.37. The lowest BCUT2D eigenvalue weighted by Gasteiger charge is -2.17. The molecule has 0 spiro atoms. The summed E-state index contributed by atoms with van der Waals surface area (Å²) in [5, 5.41) is 5.99. The van der Waals surface area contributed by atoms with Crippen molar-refractivity contribution in [3.05, 3.63) is 130 Å². The van der Waals surface area contributed by atoms with Gasteiger partial charge in [-0.15, -0.1) is 0 Å². The van der Waals surface area contributed by atoms with Crippen LogP contribution in [0.15, 0.2) is 96.2 Å². The summed E-state index contributed by atoms with van der Waals surface area (Å²) >= 11 is 0. The lowest BCUT2D eigenvalue weighted by atomic mass is 9.90. The molecule has 2 amide bonds. The van der Waals surface area contributed by atoms with E-state index in [-0.39, 0.29) is 11.8 Å². The first-order valence-electron chi connectivity index (χ1n) is 13.3. The van der Waals surface area contributed by atoms with Gasteiger partial charge in [0.25, 0.3) is 11.8 Å². The molecule has 198 valence electrons. The van der Waals surface area contributed by atoms with Crippen LogP contribution < -0.4 is 10.6 Å². The number of aryl methyl sites for hydroxylation is 4. The maximum atomic E-state index is 12.5. The van der Waals surface area contributed by atoms with Gasteiger partial charge in [0.1, 0.15) is 0 Å². The predicted octanol–water partition coefficient (Wildman–Crippen LogP) is 7.03. The van der Waals surface area contributed by atoms with Crippen molar-refractivity contribution < 1.29 is 9.59 Å². The van der Waals surface area contributed by atoms with Gasteiger partial charge in [0, 0.05) is 24.2 Å². The van der Waals surface area contributed by atoms with Gasteiger partial charge in [0.05, 0.1) is 0 Å². The van der Waals surface area contributed by atoms with E-state index in [1.54, 1.807) is 0 Å². The van der Waals surface area contributed by atoms with Crippen molar-refractivity contribution in [2.75, 3.05) is 13.1 Å². The second kappa shape index (κ2) is 14.1. The van der Waals surface area contributed by atoms with Gasteiger partial charge in [0.2, 0.25) is 0 Å². The van der Waals surface area contributed by atoms with E-state index in [4.69, 9.17) is 0 Å². The number of hydrogen-bond acceptors (Lipinski definition) is 2. The highest BCUT2D eigenvalue weighted by Crippen LogP contribution is 2.24. The van der Waals surface area contributed by atoms with E-state index < -0.39 is 0 Å². The van der Waals surface area contributed by atoms with E-state index in [9.17, 15) is 9.59 Å². The van der Waals surface area contributed by atoms with Crippen LogP contribution in [-0.2, 0) is 0 Å². The van der Waals surface area contributed by atoms with Crippen molar-refractivity contribution in [1.82, 2.24) is 10.6 Å². The SMILES string of the molecule is C\C=C/C(=C\C=C/CNC(=O)c1ccc(C)c(C)c1)CC1C=CC(CNC(=O)c2ccc(C)c(C)c2)=CC1. The van der Waals surface area contributed by atoms with Gasteiger partial charge in [-0.2, -0.15) is 0 Å². The molecule has 2 N–H and O–H groups in total. The summed E-state index contributed by atoms with van der Waals surface area (Å²) < 4.78 is 0. The number of allylic oxidation sites excluding steroid dienone is 7. The van der Waals surface area contributed by atoms with Gasteiger partial charge in [-0.05, 0) is 111 Å². The van der Waals surface area contributed by atoms with Crippen LogP contribution in [-0.4, -0.2) is 24.9 Å². The van der Waals surface area contributed by atoms with Crippen molar-refractivity contribution in [2.24, 2.45) is 5.92 Å². The van der Waals surface area contributed by atoms with Crippen molar-refractivity contribution in [2.45, 2.75) is 47.5 Å². The highest BCUT2D eigenvalue weighted by molar-refractivity contribution is 5.95. The number of carbonyl (C=O) groups excluding carboxylic acids is 2. The van der Waals surface area contributed by atoms with Crippen LogP contribution in [0.4, 0.5) is 0 Å². The van der Waals surface area contributed by atoms with E-state index >= 15 is 0 Å². The Kier molecular flexibility index (Phi) is 10.7. The van der Waals surface area contributed by atoms with Crippen molar-refractivity contribution >= 4 is 11.8 Å². The fourth-order valence-corrected chi connectivity index (χ4v) is 4.26. The standard InChI is InChI=1S/C34H40N2O2/c1-6-9-28(10-7-8-19-35-33(37)31-17-11-24(2)26(4)20-31)22-29-13-15-30(16-14-29)23-36-34(38)32-18-12-25(3)27(5)21-32/h6-13,15-18,20-21,29H,14,19,22-23H2,1-5H3,(H,35,37)(H,36,38)/b8-7-,9-6-,28-10+. The number of hydrogen-bond donors (Lipinski definition) is 2. The third-order valence-electron chi connectivity index (χ3n) is 6.96. The molecule has 0 heterocycles. The first-order valence-corrected chi connectivity index (χ1v) is 13.3. The minimum atomic E-state index is -0.0597. The molecule has 0 saturated heterocycles. The van der Waals surface area contributed by atoms with Crippen LogP contribution in [0, 0.1) is 33.6 Å². The highest BCUT2D eigenvalue weighted by Gasteiger charge is 2.12. The van der Waals surface area contributed by atoms with Crippen molar-refractivity contribution in [3.63, 3.8) is 0 Å². The number of carbonyl (C=O) groups is 2. The van der Waals surface area contributed by atoms with Crippen molar-refractivity contribution in [3.8, 4) is 0 Å². The Balaban J connectivity index is 1.45. The zero-order chi connectivity index (χ0) is 27.5. The second-order valence-electron chi connectivity index (χ2n) is 10.00. The molecule has 0 aliphatic heterocycles. The van der Waals surface area contributed by atoms with Gasteiger partial charge in [0.15, 0.2) is 0 Å². The van der Waals surface area contributed by atoms with Gasteiger partial charge < -0.3 is 10.6 Å². The molecular weight excluding hydrogens is 468 g/mol. The van der Waals surface area contributed by atoms with Gasteiger partial charge in [-0.1, -0.05) is 60.7 Å². The molecule has 1 aliphatic rings. The Morgan fingerprint density at radius 1 is 0.895 bits per heavy atom. The fourth-order valence-electron chi connectivity index (χ4n) is 4.26. The Hall–Kier alpha value is -3.92. The smallest absolute Gasteiger partial charge is 0.251 e. The maximum absolute atomic E-state index is 12.5. The molecule has 2 aromatic rings. The van der Waals surface area contributed by atoms with E-state index in [1.165, 1.54) is 16.7 Å². The normalized spacial score (nSPS) is 15.7. The van der Waals surface area contributed by atoms with Gasteiger partial charge in [-0.25, -0.2) is 0 Å². The summed E-state index contributed by atoms with van der Waals surface area (Å²) in [6.45, 7) is 11.2. The molecule has 0 bridgehead atoms. The average molecular weight is 509 g/mol. The Bertz CT molecular complexity index is 1310. The number of rotatable bonds is 10. The summed E-state index contributed by atoms with van der Waals surface area (Å²) in [6.07, 6.45) is 18.7. The third-order valence-corrected chi connectivity index (χ3v) is 6.96. The van der Waals surface area contributed by atoms with Crippen LogP contribution in [0.2, 0.25) is 0 Å². The largest absolute Gasteiger partial charge is 0.349 e. The third kappa shape index (κ3) is 8.58. The molecule has 3 rings (SSSR count). The maximum Gasteiger partial charge on any atom is 0.251 e. The Morgan fingerprint density at radius 2 is 1.53 bits per heavy atom. The van der Waals surface area contributed by atoms with Crippen LogP contribution in [0.1, 0.15) is 62.7 Å². The molecular formula is C34H40N2O2. The number of amides is 2. The fraction of sp³-hybridized carbons (Fsp3) is 0.294. The molecule has 0 radical (unpaired) electrons. The first kappa shape index (κ1) is 28.6. The molecule has 0 saturated carbocycles. The van der Waals surface area contributed by atoms with E-state index in [0.717, 1.165) is 29.5 Å². The molecule has 38 heavy (non-hydrogen) atoms. The Morgan fingerprint density at radius 3 is 2.08 bits per heavy atom. The minimum Gasteiger partial charge on any atom is -0.349 e. The number of benzene rings is 2. The second-order valence-corrected chi connectivity index (χ2v) is 10.00. The topological polar surface area (TPSA) is 58.2 Å². The van der Waals surface area contributed by atoms with Crippen LogP contribution in [0.25, 0.3) is 0 Å². The molecule has 1 unspecified atom stereocenters. The zero-order valence-electron chi connectivity index (χ0n) is 23.3. The van der Waals surface area contributed by atoms with Gasteiger partial charge >= 0.3 is 0 Å². The quantitative estimate of drug-likeness (QED) is 0.339. The Labute approximate surface area is 227 Å². The zero-order valence-corrected chi connectivity index (χ0v) is 23.3. The molecule has 2 aromatic carbocycles. The van der Waals surface area contributed by atoms with Crippen LogP contribution >= 0.6 is 0 Å². The number of nitrogens with one attached hydrogen (secondary N) is 2. The van der Waals surface area contributed by atoms with Crippen molar-refractivity contribution in [1.29, 1.82) is 0 Å². The minimum absolute atomic E-state index is 0.0419. The first-order chi connectivity index (χ1) is 18.3. The van der Waals surface area contributed by atoms with Crippen LogP contribution in [0.5, 0.6) is 0 Å². The van der Waals surface area contributed by atoms with E-state index in [0.29, 0.717) is 30.1 Å². The van der Waals surface area contributed by atoms with E-state index in [1.807, 2.05) is 83.2 Å². The predicted molar refractivity (Wildman–Crippen MR) is 158 cm³/mol. The summed E-state index contributed by atoms with van der Waals surface area (Å²) in [5.74, 6) is 0.310. The molecule has 0 fully saturated rings. The summed E-state index contributed by atoms with van der Waals surface area (Å²) in [7, 11) is 0.